The third kappa shape index (κ3) is 4.29. The molecule has 2 N–H and O–H groups in total. The highest BCUT2D eigenvalue weighted by molar-refractivity contribution is 7.99. The van der Waals surface area contributed by atoms with Crippen LogP contribution in [0.3, 0.4) is 0 Å². The van der Waals surface area contributed by atoms with E-state index in [1.165, 1.54) is 22.9 Å². The number of imidazole rings is 1. The average molecular weight is 432 g/mol. The van der Waals surface area contributed by atoms with Crippen LogP contribution in [-0.4, -0.2) is 26.2 Å². The topological polar surface area (TPSA) is 88.4 Å². The molecule has 0 aliphatic carbocycles. The van der Waals surface area contributed by atoms with Crippen molar-refractivity contribution in [2.24, 2.45) is 0 Å². The normalized spacial score (nSPS) is 10.8. The third-order valence-electron chi connectivity index (χ3n) is 4.92. The highest BCUT2D eigenvalue weighted by Gasteiger charge is 2.19. The largest absolute Gasteiger partial charge is 0.295 e. The van der Waals surface area contributed by atoms with Crippen LogP contribution in [0.2, 0.25) is 0 Å². The van der Waals surface area contributed by atoms with E-state index in [0.29, 0.717) is 27.6 Å². The Morgan fingerprint density at radius 2 is 1.74 bits per heavy atom. The zero-order valence-electron chi connectivity index (χ0n) is 17.3. The number of benzene rings is 1. The smallest absolute Gasteiger partial charge is 0.288 e. The van der Waals surface area contributed by atoms with Gasteiger partial charge in [-0.15, -0.1) is 0 Å². The standard InChI is InChI=1S/C23H21N5O2S/c1-14-9-10-17(13-15(14)2)31-23-18(7-6-11-24-23)21(29)26-27-22(30)20-16(3)25-19-8-4-5-12-28(19)20/h4-13H,1-3H3,(H,26,29)(H,27,30). The van der Waals surface area contributed by atoms with Crippen LogP contribution in [0.1, 0.15) is 37.7 Å². The molecular formula is C23H21N5O2S. The minimum Gasteiger partial charge on any atom is -0.295 e. The lowest BCUT2D eigenvalue weighted by Gasteiger charge is -2.11. The summed E-state index contributed by atoms with van der Waals surface area (Å²) in [6.07, 6.45) is 3.39. The summed E-state index contributed by atoms with van der Waals surface area (Å²) in [5.74, 6) is -0.893. The number of carbonyl (C=O) groups excluding carboxylic acids is 2. The van der Waals surface area contributed by atoms with E-state index in [0.717, 1.165) is 4.90 Å². The Balaban J connectivity index is 1.51. The maximum absolute atomic E-state index is 12.8. The van der Waals surface area contributed by atoms with E-state index >= 15 is 0 Å². The van der Waals surface area contributed by atoms with Crippen molar-refractivity contribution in [1.29, 1.82) is 0 Å². The monoisotopic (exact) mass is 431 g/mol. The van der Waals surface area contributed by atoms with Crippen molar-refractivity contribution in [3.8, 4) is 0 Å². The van der Waals surface area contributed by atoms with Gasteiger partial charge in [0.05, 0.1) is 11.3 Å². The van der Waals surface area contributed by atoms with E-state index < -0.39 is 11.8 Å². The number of fused-ring (bicyclic) bond motifs is 1. The molecule has 0 fully saturated rings. The minimum atomic E-state index is -0.447. The van der Waals surface area contributed by atoms with Gasteiger partial charge < -0.3 is 0 Å². The summed E-state index contributed by atoms with van der Waals surface area (Å²) >= 11 is 1.40. The van der Waals surface area contributed by atoms with Crippen LogP contribution in [0.15, 0.2) is 70.8 Å². The number of carbonyl (C=O) groups is 2. The molecule has 0 bridgehead atoms. The number of hydrogen-bond donors (Lipinski definition) is 2. The lowest BCUT2D eigenvalue weighted by molar-refractivity contribution is 0.0841. The summed E-state index contributed by atoms with van der Waals surface area (Å²) in [6, 6.07) is 14.9. The highest BCUT2D eigenvalue weighted by Crippen LogP contribution is 2.29. The van der Waals surface area contributed by atoms with Gasteiger partial charge in [-0.3, -0.25) is 24.8 Å². The zero-order chi connectivity index (χ0) is 22.0. The number of hydrogen-bond acceptors (Lipinski definition) is 5. The Labute approximate surface area is 183 Å². The van der Waals surface area contributed by atoms with Crippen molar-refractivity contribution >= 4 is 29.2 Å². The van der Waals surface area contributed by atoms with Crippen molar-refractivity contribution in [2.45, 2.75) is 30.7 Å². The molecule has 0 unspecified atom stereocenters. The van der Waals surface area contributed by atoms with E-state index in [1.807, 2.05) is 37.3 Å². The predicted octanol–water partition coefficient (Wildman–Crippen LogP) is 3.88. The number of aromatic nitrogens is 3. The molecule has 0 saturated carbocycles. The molecule has 0 aliphatic rings. The summed E-state index contributed by atoms with van der Waals surface area (Å²) in [5, 5.41) is 0.559. The Hall–Kier alpha value is -3.65. The summed E-state index contributed by atoms with van der Waals surface area (Å²) in [5.41, 5.74) is 9.33. The molecule has 8 heteroatoms. The van der Waals surface area contributed by atoms with E-state index in [4.69, 9.17) is 0 Å². The van der Waals surface area contributed by atoms with Crippen LogP contribution in [0, 0.1) is 20.8 Å². The van der Waals surface area contributed by atoms with Gasteiger partial charge in [-0.2, -0.15) is 0 Å². The molecule has 0 spiro atoms. The Morgan fingerprint density at radius 1 is 0.935 bits per heavy atom. The van der Waals surface area contributed by atoms with Crippen LogP contribution in [-0.2, 0) is 0 Å². The first kappa shape index (κ1) is 20.6. The third-order valence-corrected chi connectivity index (χ3v) is 5.93. The zero-order valence-corrected chi connectivity index (χ0v) is 18.2. The maximum atomic E-state index is 12.8. The molecule has 0 radical (unpaired) electrons. The fraction of sp³-hybridized carbons (Fsp3) is 0.130. The summed E-state index contributed by atoms with van der Waals surface area (Å²) in [4.78, 5) is 35.2. The van der Waals surface area contributed by atoms with Gasteiger partial charge >= 0.3 is 0 Å². The molecular weight excluding hydrogens is 410 g/mol. The fourth-order valence-electron chi connectivity index (χ4n) is 3.16. The van der Waals surface area contributed by atoms with Crippen molar-refractivity contribution in [2.75, 3.05) is 0 Å². The number of nitrogens with one attached hydrogen (secondary N) is 2. The number of nitrogens with zero attached hydrogens (tertiary/aromatic N) is 3. The van der Waals surface area contributed by atoms with Gasteiger partial charge in [-0.25, -0.2) is 9.97 Å². The fourth-order valence-corrected chi connectivity index (χ4v) is 4.14. The van der Waals surface area contributed by atoms with Crippen LogP contribution in [0.25, 0.3) is 5.65 Å². The number of amides is 2. The van der Waals surface area contributed by atoms with Gasteiger partial charge in [-0.05, 0) is 68.3 Å². The molecule has 0 saturated heterocycles. The van der Waals surface area contributed by atoms with Crippen LogP contribution >= 0.6 is 11.8 Å². The second-order valence-corrected chi connectivity index (χ2v) is 8.15. The molecule has 31 heavy (non-hydrogen) atoms. The van der Waals surface area contributed by atoms with Gasteiger partial charge in [-0.1, -0.05) is 23.9 Å². The second-order valence-electron chi connectivity index (χ2n) is 7.09. The second kappa shape index (κ2) is 8.61. The Bertz CT molecular complexity index is 1300. The molecule has 4 rings (SSSR count). The summed E-state index contributed by atoms with van der Waals surface area (Å²) < 4.78 is 1.68. The van der Waals surface area contributed by atoms with Crippen LogP contribution in [0.5, 0.6) is 0 Å². The number of hydrazine groups is 1. The maximum Gasteiger partial charge on any atom is 0.288 e. The quantitative estimate of drug-likeness (QED) is 0.479. The molecule has 4 aromatic rings. The first-order valence-corrected chi connectivity index (χ1v) is 10.5. The van der Waals surface area contributed by atoms with E-state index in [-0.39, 0.29) is 0 Å². The van der Waals surface area contributed by atoms with Gasteiger partial charge in [0.2, 0.25) is 0 Å². The van der Waals surface area contributed by atoms with E-state index in [2.05, 4.69) is 33.8 Å². The van der Waals surface area contributed by atoms with Gasteiger partial charge in [0, 0.05) is 17.3 Å². The lowest BCUT2D eigenvalue weighted by Crippen LogP contribution is -2.42. The summed E-state index contributed by atoms with van der Waals surface area (Å²) in [6.45, 7) is 5.85. The summed E-state index contributed by atoms with van der Waals surface area (Å²) in [7, 11) is 0. The molecule has 7 nitrogen and oxygen atoms in total. The molecule has 1 aromatic carbocycles. The number of aryl methyl sites for hydroxylation is 3. The Kier molecular flexibility index (Phi) is 5.73. The van der Waals surface area contributed by atoms with Gasteiger partial charge in [0.15, 0.2) is 0 Å². The van der Waals surface area contributed by atoms with Crippen LogP contribution < -0.4 is 10.9 Å². The van der Waals surface area contributed by atoms with Crippen molar-refractivity contribution in [3.05, 3.63) is 89.0 Å². The molecule has 156 valence electrons. The predicted molar refractivity (Wildman–Crippen MR) is 119 cm³/mol. The minimum absolute atomic E-state index is 0.367. The van der Waals surface area contributed by atoms with Crippen LogP contribution in [0.4, 0.5) is 0 Å². The Morgan fingerprint density at radius 3 is 2.55 bits per heavy atom. The molecule has 2 amide bonds. The molecule has 3 aromatic heterocycles. The highest BCUT2D eigenvalue weighted by atomic mass is 32.2. The molecule has 0 atom stereocenters. The van der Waals surface area contributed by atoms with Crippen molar-refractivity contribution in [1.82, 2.24) is 25.2 Å². The van der Waals surface area contributed by atoms with Gasteiger partial charge in [0.25, 0.3) is 11.8 Å². The molecule has 3 heterocycles. The molecule has 0 aliphatic heterocycles. The van der Waals surface area contributed by atoms with Crippen molar-refractivity contribution < 1.29 is 9.59 Å². The first-order valence-electron chi connectivity index (χ1n) is 9.68. The first-order chi connectivity index (χ1) is 14.9. The van der Waals surface area contributed by atoms with E-state index in [9.17, 15) is 9.59 Å². The number of pyridine rings is 2. The lowest BCUT2D eigenvalue weighted by atomic mass is 10.1. The SMILES string of the molecule is Cc1ccc(Sc2ncccc2C(=O)NNC(=O)c2c(C)nc3ccccn23)cc1C. The van der Waals surface area contributed by atoms with Crippen molar-refractivity contribution in [3.63, 3.8) is 0 Å². The van der Waals surface area contributed by atoms with Gasteiger partial charge in [0.1, 0.15) is 16.4 Å². The van der Waals surface area contributed by atoms with E-state index in [1.54, 1.807) is 35.9 Å². The average Bonchev–Trinajstić information content (AvgIpc) is 3.10. The number of rotatable bonds is 4.